The summed E-state index contributed by atoms with van der Waals surface area (Å²) in [5.41, 5.74) is 16.7. The molecule has 1 fully saturated rings. The normalized spacial score (nSPS) is 18.5. The first-order valence-electron chi connectivity index (χ1n) is 13.9. The van der Waals surface area contributed by atoms with E-state index < -0.39 is 8.07 Å². The number of fused-ring (bicyclic) bond motifs is 1. The van der Waals surface area contributed by atoms with Gasteiger partial charge in [0.1, 0.15) is 24.4 Å². The Balaban J connectivity index is 1.54. The fourth-order valence-corrected chi connectivity index (χ4v) is 6.07. The molecule has 0 spiro atoms. The molecular weight excluding hydrogens is 520 g/mol. The van der Waals surface area contributed by atoms with Gasteiger partial charge < -0.3 is 36.1 Å². The standard InChI is InChI=1S/C30H40N6O3Si/c1-20(37)35-13-7-9-27(35)22-17-28-26(18-29(22)39-21-10-11-23(31)24(32)16-21)34-30(25-8-5-6-12-33-25)36(28)19-38-14-15-40(2,3)4/h5-6,8,10-12,16-18,27,30,34H,7,9,13-15,19,31-32H2,1-4H3. The van der Waals surface area contributed by atoms with Crippen LogP contribution in [0.1, 0.15) is 43.2 Å². The maximum atomic E-state index is 12.6. The molecule has 2 aliphatic rings. The largest absolute Gasteiger partial charge is 0.457 e. The summed E-state index contributed by atoms with van der Waals surface area (Å²) >= 11 is 0. The van der Waals surface area contributed by atoms with E-state index in [0.29, 0.717) is 36.2 Å². The van der Waals surface area contributed by atoms with Crippen molar-refractivity contribution >= 4 is 36.7 Å². The highest BCUT2D eigenvalue weighted by Crippen LogP contribution is 2.48. The summed E-state index contributed by atoms with van der Waals surface area (Å²) in [4.78, 5) is 21.4. The summed E-state index contributed by atoms with van der Waals surface area (Å²) in [6, 6.07) is 16.4. The Labute approximate surface area is 237 Å². The number of nitrogen functional groups attached to an aromatic ring is 2. The molecule has 40 heavy (non-hydrogen) atoms. The van der Waals surface area contributed by atoms with Crippen molar-refractivity contribution in [1.82, 2.24) is 9.88 Å². The Morgan fingerprint density at radius 3 is 2.65 bits per heavy atom. The summed E-state index contributed by atoms with van der Waals surface area (Å²) in [7, 11) is -1.23. The Kier molecular flexibility index (Phi) is 7.91. The predicted molar refractivity (Wildman–Crippen MR) is 163 cm³/mol. The zero-order valence-corrected chi connectivity index (χ0v) is 24.8. The van der Waals surface area contributed by atoms with Crippen molar-refractivity contribution in [3.8, 4) is 11.5 Å². The van der Waals surface area contributed by atoms with E-state index in [2.05, 4.69) is 40.9 Å². The van der Waals surface area contributed by atoms with Crippen molar-refractivity contribution in [1.29, 1.82) is 0 Å². The van der Waals surface area contributed by atoms with Crippen molar-refractivity contribution in [3.63, 3.8) is 0 Å². The lowest BCUT2D eigenvalue weighted by molar-refractivity contribution is -0.129. The lowest BCUT2D eigenvalue weighted by atomic mass is 10.0. The van der Waals surface area contributed by atoms with E-state index in [1.807, 2.05) is 35.2 Å². The Hall–Kier alpha value is -3.76. The molecule has 0 aliphatic carbocycles. The average Bonchev–Trinajstić information content (AvgIpc) is 3.53. The number of hydrogen-bond donors (Lipinski definition) is 3. The number of hydrogen-bond acceptors (Lipinski definition) is 8. The Morgan fingerprint density at radius 1 is 1.12 bits per heavy atom. The second-order valence-corrected chi connectivity index (χ2v) is 17.4. The Morgan fingerprint density at radius 2 is 1.95 bits per heavy atom. The number of nitrogens with two attached hydrogens (primary N) is 2. The zero-order chi connectivity index (χ0) is 28.4. The number of nitrogens with one attached hydrogen (secondary N) is 1. The molecule has 2 atom stereocenters. The first-order valence-corrected chi connectivity index (χ1v) is 17.6. The minimum Gasteiger partial charge on any atom is -0.457 e. The predicted octanol–water partition coefficient (Wildman–Crippen LogP) is 5.96. The molecule has 2 aromatic carbocycles. The van der Waals surface area contributed by atoms with Crippen LogP contribution in [0, 0.1) is 0 Å². The molecule has 2 aliphatic heterocycles. The van der Waals surface area contributed by atoms with Gasteiger partial charge in [0, 0.05) is 52.0 Å². The van der Waals surface area contributed by atoms with Crippen molar-refractivity contribution in [2.24, 2.45) is 0 Å². The van der Waals surface area contributed by atoms with Crippen molar-refractivity contribution in [2.75, 3.05) is 41.6 Å². The number of anilines is 4. The second kappa shape index (κ2) is 11.4. The van der Waals surface area contributed by atoms with Crippen molar-refractivity contribution in [2.45, 2.75) is 57.7 Å². The van der Waals surface area contributed by atoms with Crippen molar-refractivity contribution in [3.05, 3.63) is 66.0 Å². The fraction of sp³-hybridized carbons (Fsp3) is 0.400. The molecule has 1 aromatic heterocycles. The zero-order valence-electron chi connectivity index (χ0n) is 23.8. The number of likely N-dealkylation sites (tertiary alicyclic amines) is 1. The number of pyridine rings is 1. The molecule has 10 heteroatoms. The number of rotatable bonds is 9. The van der Waals surface area contributed by atoms with E-state index in [4.69, 9.17) is 20.9 Å². The Bertz CT molecular complexity index is 1360. The van der Waals surface area contributed by atoms with Gasteiger partial charge in [-0.2, -0.15) is 0 Å². The molecule has 0 radical (unpaired) electrons. The summed E-state index contributed by atoms with van der Waals surface area (Å²) < 4.78 is 12.7. The number of carbonyl (C=O) groups excluding carboxylic acids is 1. The van der Waals surface area contributed by atoms with E-state index in [9.17, 15) is 4.79 Å². The quantitative estimate of drug-likeness (QED) is 0.167. The smallest absolute Gasteiger partial charge is 0.219 e. The van der Waals surface area contributed by atoms with E-state index in [-0.39, 0.29) is 18.1 Å². The first kappa shape index (κ1) is 27.8. The van der Waals surface area contributed by atoms with Gasteiger partial charge >= 0.3 is 0 Å². The SMILES string of the molecule is CC(=O)N1CCCC1c1cc2c(cc1Oc1ccc(N)c(N)c1)NC(c1ccccn1)N2COCC[Si](C)(C)C. The van der Waals surface area contributed by atoms with Gasteiger partial charge in [-0.05, 0) is 49.2 Å². The monoisotopic (exact) mass is 560 g/mol. The van der Waals surface area contributed by atoms with Crippen LogP contribution >= 0.6 is 0 Å². The molecule has 3 heterocycles. The third-order valence-electron chi connectivity index (χ3n) is 7.54. The van der Waals surface area contributed by atoms with E-state index >= 15 is 0 Å². The van der Waals surface area contributed by atoms with Gasteiger partial charge in [-0.15, -0.1) is 0 Å². The van der Waals surface area contributed by atoms with Crippen LogP contribution in [0.5, 0.6) is 11.5 Å². The molecule has 5 N–H and O–H groups in total. The number of carbonyl (C=O) groups is 1. The van der Waals surface area contributed by atoms with E-state index in [1.54, 1.807) is 25.3 Å². The van der Waals surface area contributed by atoms with Crippen molar-refractivity contribution < 1.29 is 14.3 Å². The number of aromatic nitrogens is 1. The van der Waals surface area contributed by atoms with Gasteiger partial charge in [0.05, 0.1) is 34.5 Å². The molecule has 9 nitrogen and oxygen atoms in total. The molecule has 212 valence electrons. The maximum absolute atomic E-state index is 12.6. The van der Waals surface area contributed by atoms with Gasteiger partial charge in [-0.1, -0.05) is 25.7 Å². The highest BCUT2D eigenvalue weighted by molar-refractivity contribution is 6.76. The molecular formula is C30H40N6O3Si. The highest BCUT2D eigenvalue weighted by atomic mass is 28.3. The van der Waals surface area contributed by atoms with Crippen LogP contribution in [0.15, 0.2) is 54.7 Å². The summed E-state index contributed by atoms with van der Waals surface area (Å²) in [6.45, 7) is 10.5. The number of nitrogens with zero attached hydrogens (tertiary/aromatic N) is 3. The molecule has 0 saturated carbocycles. The summed E-state index contributed by atoms with van der Waals surface area (Å²) in [5.74, 6) is 1.32. The number of ether oxygens (including phenoxy) is 2. The lowest BCUT2D eigenvalue weighted by Gasteiger charge is -2.29. The summed E-state index contributed by atoms with van der Waals surface area (Å²) in [6.07, 6.45) is 3.40. The van der Waals surface area contributed by atoms with Gasteiger partial charge in [0.2, 0.25) is 5.91 Å². The van der Waals surface area contributed by atoms with E-state index in [1.165, 1.54) is 0 Å². The van der Waals surface area contributed by atoms with Crippen LogP contribution in [-0.2, 0) is 9.53 Å². The van der Waals surface area contributed by atoms with Crippen LogP contribution in [0.4, 0.5) is 22.7 Å². The van der Waals surface area contributed by atoms with Crippen LogP contribution in [0.2, 0.25) is 25.7 Å². The molecule has 3 aromatic rings. The fourth-order valence-electron chi connectivity index (χ4n) is 5.32. The highest BCUT2D eigenvalue weighted by Gasteiger charge is 2.36. The number of benzene rings is 2. The maximum Gasteiger partial charge on any atom is 0.219 e. The lowest BCUT2D eigenvalue weighted by Crippen LogP contribution is -2.32. The average molecular weight is 561 g/mol. The molecule has 5 rings (SSSR count). The van der Waals surface area contributed by atoms with Gasteiger partial charge in [0.15, 0.2) is 0 Å². The molecule has 1 amide bonds. The minimum absolute atomic E-state index is 0.0571. The molecule has 0 bridgehead atoms. The second-order valence-electron chi connectivity index (χ2n) is 11.8. The minimum atomic E-state index is -1.23. The van der Waals surface area contributed by atoms with E-state index in [0.717, 1.165) is 48.1 Å². The first-order chi connectivity index (χ1) is 19.1. The van der Waals surface area contributed by atoms with Crippen LogP contribution in [0.25, 0.3) is 0 Å². The molecule has 2 unspecified atom stereocenters. The topological polar surface area (TPSA) is 119 Å². The third-order valence-corrected chi connectivity index (χ3v) is 9.24. The van der Waals surface area contributed by atoms with Crippen LogP contribution in [-0.4, -0.2) is 43.7 Å². The summed E-state index contributed by atoms with van der Waals surface area (Å²) in [5, 5.41) is 3.64. The van der Waals surface area contributed by atoms with Gasteiger partial charge in [0.25, 0.3) is 0 Å². The van der Waals surface area contributed by atoms with Gasteiger partial charge in [-0.3, -0.25) is 9.78 Å². The number of amides is 1. The van der Waals surface area contributed by atoms with Gasteiger partial charge in [-0.25, -0.2) is 0 Å². The molecule has 1 saturated heterocycles. The van der Waals surface area contributed by atoms with Crippen LogP contribution in [0.3, 0.4) is 0 Å². The van der Waals surface area contributed by atoms with Crippen LogP contribution < -0.4 is 26.4 Å². The third kappa shape index (κ3) is 6.02.